The molecule has 0 aliphatic carbocycles. The van der Waals surface area contributed by atoms with E-state index in [1.807, 2.05) is 53.1 Å². The first-order valence-corrected chi connectivity index (χ1v) is 33.0. The molecule has 6 aliphatic heterocycles. The number of likely N-dealkylation sites (N-methyl/N-ethyl adjacent to an activating group) is 1. The minimum absolute atomic E-state index is 0.0275. The zero-order valence-corrected chi connectivity index (χ0v) is 54.5. The van der Waals surface area contributed by atoms with E-state index in [1.165, 1.54) is 0 Å². The van der Waals surface area contributed by atoms with Gasteiger partial charge in [0.25, 0.3) is 11.8 Å². The zero-order valence-electron chi connectivity index (χ0n) is 54.5. The van der Waals surface area contributed by atoms with Gasteiger partial charge < -0.3 is 76.9 Å². The Balaban J connectivity index is 0.689. The van der Waals surface area contributed by atoms with Gasteiger partial charge >= 0.3 is 24.1 Å². The number of quaternary nitrogens is 2. The Morgan fingerprint density at radius 2 is 0.938 bits per heavy atom. The lowest BCUT2D eigenvalue weighted by atomic mass is 10.1. The average molecular weight is 1320 g/mol. The fourth-order valence-corrected chi connectivity index (χ4v) is 13.2. The molecule has 96 heavy (non-hydrogen) atoms. The maximum absolute atomic E-state index is 14.0. The summed E-state index contributed by atoms with van der Waals surface area (Å²) in [5, 5.41) is 14.7. The van der Waals surface area contributed by atoms with E-state index >= 15 is 0 Å². The first-order chi connectivity index (χ1) is 46.5. The second kappa shape index (κ2) is 30.0. The molecule has 4 aromatic carbocycles. The minimum Gasteiger partial charge on any atom is -0.378 e. The van der Waals surface area contributed by atoms with Crippen LogP contribution < -0.4 is 52.8 Å². The summed E-state index contributed by atoms with van der Waals surface area (Å²) in [6.07, 6.45) is 2.05. The average Bonchev–Trinajstić information content (AvgIpc) is 1.44. The molecule has 0 saturated carbocycles. The lowest BCUT2D eigenvalue weighted by molar-refractivity contribution is -1.03. The third-order valence-corrected chi connectivity index (χ3v) is 18.9. The number of hydrogen-bond donors (Lipinski definition) is 7. The van der Waals surface area contributed by atoms with Crippen LogP contribution >= 0.6 is 0 Å². The zero-order chi connectivity index (χ0) is 66.8. The standard InChI is InChI=1S/C66H84N22O8/c1-80(2)54-21-26-86(43-54)59(90)49-11-19-53(20-12-49)73-65(93)70-50-13-5-46(6-14-50)56-74-55(75-62(76-56)84-31-39-95-40-32-84)44-81-24-3-35-87(37-29-81,60(67)91)45-88(61(68)92)36-4-25-83(30-38-88)63-77-57(78-64(79-63)85-33-41-96-42-34-85)47-7-15-51(16-8-47)71-66(94)72-52-17-9-48(10-18-52)58(89)82-27-22-69-23-28-82/h5-20,54,69H,3-4,21-45H2,1-2H3,(H6-2,67,68,70,71,72,73,74,75,76,77,78,79,89,90,91,92,93,94)/p+2. The number of morpholine rings is 2. The number of amides is 10. The Labute approximate surface area is 557 Å². The predicted octanol–water partition coefficient (Wildman–Crippen LogP) is 4.04. The van der Waals surface area contributed by atoms with E-state index < -0.39 is 24.1 Å². The molecule has 12 rings (SSSR count). The Bertz CT molecular complexity index is 3740. The Morgan fingerprint density at radius 1 is 0.500 bits per heavy atom. The molecule has 9 N–H and O–H groups in total. The van der Waals surface area contributed by atoms with Crippen molar-refractivity contribution in [3.8, 4) is 22.8 Å². The first kappa shape index (κ1) is 66.5. The Morgan fingerprint density at radius 3 is 1.42 bits per heavy atom. The van der Waals surface area contributed by atoms with Gasteiger partial charge in [0.05, 0.1) is 52.6 Å². The summed E-state index contributed by atoms with van der Waals surface area (Å²) >= 11 is 0. The second-order valence-electron chi connectivity index (χ2n) is 25.5. The van der Waals surface area contributed by atoms with Gasteiger partial charge in [0.2, 0.25) is 24.5 Å². The van der Waals surface area contributed by atoms with E-state index in [0.29, 0.717) is 230 Å². The number of piperazine rings is 1. The van der Waals surface area contributed by atoms with Crippen molar-refractivity contribution in [1.82, 2.24) is 54.8 Å². The van der Waals surface area contributed by atoms with Gasteiger partial charge in [-0.2, -0.15) is 33.9 Å². The number of carbonyl (C=O) groups excluding carboxylic acids is 6. The number of nitrogens with two attached hydrogens (primary N) is 2. The van der Waals surface area contributed by atoms with Gasteiger partial charge in [0.15, 0.2) is 11.6 Å². The van der Waals surface area contributed by atoms with Crippen LogP contribution in [-0.4, -0.2) is 265 Å². The van der Waals surface area contributed by atoms with E-state index in [-0.39, 0.29) is 34.0 Å². The van der Waals surface area contributed by atoms with E-state index in [4.69, 9.17) is 50.8 Å². The summed E-state index contributed by atoms with van der Waals surface area (Å²) < 4.78 is 11.0. The summed E-state index contributed by atoms with van der Waals surface area (Å²) in [6.45, 7) is 12.2. The number of nitrogens with zero attached hydrogens (tertiary/aromatic N) is 15. The van der Waals surface area contributed by atoms with Crippen LogP contribution in [0.4, 0.5) is 59.8 Å². The predicted molar refractivity (Wildman–Crippen MR) is 362 cm³/mol. The number of hydrogen-bond acceptors (Lipinski definition) is 20. The fourth-order valence-electron chi connectivity index (χ4n) is 13.2. The molecule has 10 amide bonds. The molecule has 30 nitrogen and oxygen atoms in total. The second-order valence-corrected chi connectivity index (χ2v) is 25.5. The highest BCUT2D eigenvalue weighted by atomic mass is 16.5. The lowest BCUT2D eigenvalue weighted by Crippen LogP contribution is -2.70. The van der Waals surface area contributed by atoms with Gasteiger partial charge in [0.1, 0.15) is 18.9 Å². The topological polar surface area (TPSA) is 333 Å². The molecule has 0 bridgehead atoms. The number of benzene rings is 4. The SMILES string of the molecule is CN(C)C1CCN(C(=O)c2ccc(NC(=O)Nc3ccc(-c4nc(CN5CCC[N+](C[N+]6(C(N)=O)CCCN(c7nc(-c8ccc(NC(=O)Nc9ccc(C(=O)N%10CCNCC%10)cc9)cc8)nc(N8CCOCC8)n7)CC6)(C(N)=O)CC5)nc(N5CCOCC5)n4)cc3)cc2)C1. The summed E-state index contributed by atoms with van der Waals surface area (Å²) in [5.41, 5.74) is 17.6. The van der Waals surface area contributed by atoms with Crippen molar-refractivity contribution in [3.05, 3.63) is 114 Å². The third kappa shape index (κ3) is 16.0. The van der Waals surface area contributed by atoms with Gasteiger partial charge in [-0.15, -0.1) is 0 Å². The number of rotatable bonds is 16. The van der Waals surface area contributed by atoms with Crippen LogP contribution in [0, 0.1) is 0 Å². The summed E-state index contributed by atoms with van der Waals surface area (Å²) in [4.78, 5) is 125. The Kier molecular flexibility index (Phi) is 20.8. The van der Waals surface area contributed by atoms with Gasteiger partial charge in [0, 0.05) is 149 Å². The summed E-state index contributed by atoms with van der Waals surface area (Å²) in [6, 6.07) is 26.6. The highest BCUT2D eigenvalue weighted by Crippen LogP contribution is 2.30. The molecular weight excluding hydrogens is 1230 g/mol. The van der Waals surface area contributed by atoms with E-state index in [1.54, 1.807) is 72.8 Å². The quantitative estimate of drug-likeness (QED) is 0.0672. The number of aromatic nitrogens is 6. The van der Waals surface area contributed by atoms with E-state index in [2.05, 4.69) is 46.2 Å². The molecule has 8 heterocycles. The highest BCUT2D eigenvalue weighted by molar-refractivity contribution is 6.02. The van der Waals surface area contributed by atoms with Crippen molar-refractivity contribution in [2.24, 2.45) is 11.5 Å². The smallest absolute Gasteiger partial charge is 0.378 e. The van der Waals surface area contributed by atoms with Crippen LogP contribution in [-0.2, 0) is 16.0 Å². The molecule has 6 aromatic rings. The van der Waals surface area contributed by atoms with Crippen LogP contribution in [0.2, 0.25) is 0 Å². The number of carbonyl (C=O) groups is 6. The van der Waals surface area contributed by atoms with Crippen molar-refractivity contribution < 1.29 is 47.2 Å². The molecule has 0 radical (unpaired) electrons. The van der Waals surface area contributed by atoms with Crippen molar-refractivity contribution in [2.75, 3.05) is 201 Å². The third-order valence-electron chi connectivity index (χ3n) is 18.9. The van der Waals surface area contributed by atoms with Gasteiger partial charge in [-0.25, -0.2) is 24.2 Å². The molecule has 6 aliphatic rings. The number of primary amides is 2. The molecule has 30 heteroatoms. The fraction of sp³-hybridized carbons (Fsp3) is 0.455. The lowest BCUT2D eigenvalue weighted by Gasteiger charge is -2.41. The highest BCUT2D eigenvalue weighted by Gasteiger charge is 2.50. The number of ether oxygens (including phenoxy) is 2. The summed E-state index contributed by atoms with van der Waals surface area (Å²) in [7, 11) is 4.05. The molecule has 3 unspecified atom stereocenters. The Hall–Kier alpha value is -9.56. The molecule has 0 spiro atoms. The van der Waals surface area contributed by atoms with Crippen molar-refractivity contribution in [1.29, 1.82) is 0 Å². The number of nitrogens with one attached hydrogen (secondary N) is 5. The molecule has 6 fully saturated rings. The van der Waals surface area contributed by atoms with Crippen molar-refractivity contribution >= 4 is 76.5 Å². The number of anilines is 7. The van der Waals surface area contributed by atoms with E-state index in [0.717, 1.165) is 19.5 Å². The largest absolute Gasteiger partial charge is 0.418 e. The first-order valence-electron chi connectivity index (χ1n) is 33.0. The number of urea groups is 4. The maximum atomic E-state index is 14.0. The molecule has 2 aromatic heterocycles. The summed E-state index contributed by atoms with van der Waals surface area (Å²) in [5.74, 6) is 2.77. The molecule has 3 atom stereocenters. The number of likely N-dealkylation sites (tertiary alicyclic amines) is 1. The van der Waals surface area contributed by atoms with Crippen LogP contribution in [0.5, 0.6) is 0 Å². The van der Waals surface area contributed by atoms with Gasteiger partial charge in [-0.3, -0.25) is 14.5 Å². The molecule has 6 saturated heterocycles. The van der Waals surface area contributed by atoms with Crippen LogP contribution in [0.15, 0.2) is 97.1 Å². The molecule has 506 valence electrons. The van der Waals surface area contributed by atoms with Gasteiger partial charge in [-0.05, 0) is 118 Å². The van der Waals surface area contributed by atoms with Crippen molar-refractivity contribution in [2.45, 2.75) is 31.8 Å². The van der Waals surface area contributed by atoms with E-state index in [9.17, 15) is 28.8 Å². The maximum Gasteiger partial charge on any atom is 0.418 e. The van der Waals surface area contributed by atoms with Crippen molar-refractivity contribution in [3.63, 3.8) is 0 Å². The molecular formula is C66H86N22O8+2. The normalized spacial score (nSPS) is 21.2. The van der Waals surface area contributed by atoms with Crippen LogP contribution in [0.3, 0.4) is 0 Å². The van der Waals surface area contributed by atoms with Crippen LogP contribution in [0.25, 0.3) is 22.8 Å². The van der Waals surface area contributed by atoms with Crippen LogP contribution in [0.1, 0.15) is 45.8 Å². The minimum atomic E-state index is -0.548. The monoisotopic (exact) mass is 1310 g/mol. The van der Waals surface area contributed by atoms with Gasteiger partial charge in [-0.1, -0.05) is 0 Å².